The molecule has 3 heteroatoms. The zero-order valence-electron chi connectivity index (χ0n) is 14.6. The summed E-state index contributed by atoms with van der Waals surface area (Å²) in [6, 6.07) is 8.28. The fraction of sp³-hybridized carbons (Fsp3) is 0.318. The molecule has 1 heterocycles. The van der Waals surface area contributed by atoms with Crippen molar-refractivity contribution in [2.45, 2.75) is 44.6 Å². The molecule has 2 aliphatic rings. The number of carbonyl (C=O) groups excluding carboxylic acids is 1. The second kappa shape index (κ2) is 6.40. The zero-order valence-corrected chi connectivity index (χ0v) is 14.6. The van der Waals surface area contributed by atoms with E-state index in [2.05, 4.69) is 65.8 Å². The molecule has 1 amide bonds. The first kappa shape index (κ1) is 15.9. The van der Waals surface area contributed by atoms with Crippen LogP contribution in [0.3, 0.4) is 0 Å². The number of aryl methyl sites for hydroxylation is 1. The monoisotopic (exact) mass is 332 g/mol. The second-order valence-electron chi connectivity index (χ2n) is 7.02. The first-order valence-electron chi connectivity index (χ1n) is 9.18. The number of benzene rings is 1. The highest BCUT2D eigenvalue weighted by atomic mass is 16.2. The van der Waals surface area contributed by atoms with Gasteiger partial charge in [0.2, 0.25) is 0 Å². The summed E-state index contributed by atoms with van der Waals surface area (Å²) in [5, 5.41) is 4.37. The van der Waals surface area contributed by atoms with Gasteiger partial charge in [0.15, 0.2) is 0 Å². The van der Waals surface area contributed by atoms with E-state index >= 15 is 0 Å². The van der Waals surface area contributed by atoms with Crippen molar-refractivity contribution < 1.29 is 4.79 Å². The third-order valence-corrected chi connectivity index (χ3v) is 5.20. The second-order valence-corrected chi connectivity index (χ2v) is 7.02. The zero-order chi connectivity index (χ0) is 17.3. The van der Waals surface area contributed by atoms with Gasteiger partial charge in [0.1, 0.15) is 5.69 Å². The number of amides is 1. The minimum atomic E-state index is -0.193. The molecular formula is C22H24N2O. The molecule has 0 unspecified atom stereocenters. The van der Waals surface area contributed by atoms with Gasteiger partial charge >= 0.3 is 0 Å². The summed E-state index contributed by atoms with van der Waals surface area (Å²) in [6.45, 7) is 2.14. The quantitative estimate of drug-likeness (QED) is 0.828. The SMILES string of the molecule is CCc1ccc2[nH]c(C(=O)NC3(C4=C/C=C\CC/C=C\4)CC3)cc2c1. The largest absolute Gasteiger partial charge is 0.351 e. The number of H-pyrrole nitrogens is 1. The average molecular weight is 332 g/mol. The van der Waals surface area contributed by atoms with Crippen molar-refractivity contribution in [3.63, 3.8) is 0 Å². The van der Waals surface area contributed by atoms with Gasteiger partial charge in [0.05, 0.1) is 5.54 Å². The molecule has 2 aromatic rings. The van der Waals surface area contributed by atoms with Crippen molar-refractivity contribution >= 4 is 16.8 Å². The molecule has 0 aliphatic heterocycles. The van der Waals surface area contributed by atoms with E-state index in [0.717, 1.165) is 43.0 Å². The van der Waals surface area contributed by atoms with Crippen LogP contribution in [-0.4, -0.2) is 16.4 Å². The molecule has 4 rings (SSSR count). The molecule has 1 saturated carbocycles. The van der Waals surface area contributed by atoms with Crippen LogP contribution >= 0.6 is 0 Å². The van der Waals surface area contributed by atoms with Gasteiger partial charge in [-0.15, -0.1) is 0 Å². The Morgan fingerprint density at radius 3 is 2.84 bits per heavy atom. The van der Waals surface area contributed by atoms with Crippen molar-refractivity contribution in [3.8, 4) is 0 Å². The van der Waals surface area contributed by atoms with E-state index in [9.17, 15) is 4.79 Å². The van der Waals surface area contributed by atoms with Gasteiger partial charge in [0.25, 0.3) is 5.91 Å². The summed E-state index contributed by atoms with van der Waals surface area (Å²) in [5.41, 5.74) is 3.96. The molecule has 1 aromatic carbocycles. The standard InChI is InChI=1S/C22H24N2O/c1-2-16-10-11-19-17(14-16)15-20(23-19)21(25)24-22(12-13-22)18-8-6-4-3-5-7-9-18/h4,6-11,14-15,23H,2-3,5,12-13H2,1H3,(H,24,25)/b6-4-,9-7-,18-8+. The van der Waals surface area contributed by atoms with Crippen LogP contribution in [0.25, 0.3) is 10.9 Å². The maximum absolute atomic E-state index is 12.8. The highest BCUT2D eigenvalue weighted by molar-refractivity contribution is 5.99. The molecule has 0 radical (unpaired) electrons. The maximum Gasteiger partial charge on any atom is 0.268 e. The van der Waals surface area contributed by atoms with E-state index in [-0.39, 0.29) is 11.4 Å². The van der Waals surface area contributed by atoms with Gasteiger partial charge < -0.3 is 10.3 Å². The van der Waals surface area contributed by atoms with Crippen LogP contribution in [0.4, 0.5) is 0 Å². The molecule has 128 valence electrons. The van der Waals surface area contributed by atoms with Crippen LogP contribution in [0.2, 0.25) is 0 Å². The molecule has 3 nitrogen and oxygen atoms in total. The number of carbonyl (C=O) groups is 1. The lowest BCUT2D eigenvalue weighted by Gasteiger charge is -2.19. The molecule has 0 spiro atoms. The van der Waals surface area contributed by atoms with Crippen molar-refractivity contribution in [2.24, 2.45) is 0 Å². The number of aromatic amines is 1. The smallest absolute Gasteiger partial charge is 0.268 e. The van der Waals surface area contributed by atoms with E-state index < -0.39 is 0 Å². The van der Waals surface area contributed by atoms with Gasteiger partial charge in [-0.2, -0.15) is 0 Å². The molecule has 2 N–H and O–H groups in total. The molecule has 0 saturated heterocycles. The first-order chi connectivity index (χ1) is 12.2. The van der Waals surface area contributed by atoms with E-state index in [0.29, 0.717) is 5.69 Å². The Bertz CT molecular complexity index is 894. The van der Waals surface area contributed by atoms with Crippen molar-refractivity contribution in [3.05, 3.63) is 71.5 Å². The van der Waals surface area contributed by atoms with Crippen LogP contribution in [0.5, 0.6) is 0 Å². The summed E-state index contributed by atoms with van der Waals surface area (Å²) in [6.07, 6.45) is 16.0. The fourth-order valence-electron chi connectivity index (χ4n) is 3.47. The lowest BCUT2D eigenvalue weighted by Crippen LogP contribution is -2.38. The number of fused-ring (bicyclic) bond motifs is 1. The number of rotatable bonds is 4. The average Bonchev–Trinajstić information content (AvgIpc) is 3.22. The Hall–Kier alpha value is -2.55. The molecule has 0 atom stereocenters. The van der Waals surface area contributed by atoms with Crippen molar-refractivity contribution in [1.29, 1.82) is 0 Å². The number of allylic oxidation sites excluding steroid dienone is 4. The predicted octanol–water partition coefficient (Wildman–Crippen LogP) is 4.83. The molecule has 2 aliphatic carbocycles. The van der Waals surface area contributed by atoms with Crippen LogP contribution in [0.15, 0.2) is 60.2 Å². The van der Waals surface area contributed by atoms with E-state index in [1.165, 1.54) is 11.1 Å². The molecule has 25 heavy (non-hydrogen) atoms. The molecular weight excluding hydrogens is 308 g/mol. The van der Waals surface area contributed by atoms with Crippen LogP contribution < -0.4 is 5.32 Å². The summed E-state index contributed by atoms with van der Waals surface area (Å²) in [5.74, 6) is -0.0212. The van der Waals surface area contributed by atoms with Crippen molar-refractivity contribution in [1.82, 2.24) is 10.3 Å². The van der Waals surface area contributed by atoms with Crippen LogP contribution in [0.1, 0.15) is 48.7 Å². The number of hydrogen-bond acceptors (Lipinski definition) is 1. The highest BCUT2D eigenvalue weighted by Gasteiger charge is 2.46. The molecule has 0 bridgehead atoms. The topological polar surface area (TPSA) is 44.9 Å². The van der Waals surface area contributed by atoms with Crippen molar-refractivity contribution in [2.75, 3.05) is 0 Å². The number of nitrogens with one attached hydrogen (secondary N) is 2. The minimum Gasteiger partial charge on any atom is -0.351 e. The van der Waals surface area contributed by atoms with Gasteiger partial charge in [-0.1, -0.05) is 43.4 Å². The van der Waals surface area contributed by atoms with Gasteiger partial charge in [0, 0.05) is 10.9 Å². The Kier molecular flexibility index (Phi) is 4.08. The lowest BCUT2D eigenvalue weighted by atomic mass is 10.0. The number of aromatic nitrogens is 1. The Morgan fingerprint density at radius 1 is 1.20 bits per heavy atom. The normalized spacial score (nSPS) is 23.2. The Balaban J connectivity index is 1.57. The summed E-state index contributed by atoms with van der Waals surface area (Å²) in [7, 11) is 0. The molecule has 1 fully saturated rings. The van der Waals surface area contributed by atoms with Crippen LogP contribution in [0, 0.1) is 0 Å². The third-order valence-electron chi connectivity index (χ3n) is 5.20. The maximum atomic E-state index is 12.8. The summed E-state index contributed by atoms with van der Waals surface area (Å²) >= 11 is 0. The summed E-state index contributed by atoms with van der Waals surface area (Å²) < 4.78 is 0. The van der Waals surface area contributed by atoms with E-state index in [1.54, 1.807) is 0 Å². The predicted molar refractivity (Wildman–Crippen MR) is 103 cm³/mol. The van der Waals surface area contributed by atoms with Crippen LogP contribution in [-0.2, 0) is 6.42 Å². The van der Waals surface area contributed by atoms with Gasteiger partial charge in [-0.3, -0.25) is 4.79 Å². The van der Waals surface area contributed by atoms with Gasteiger partial charge in [-0.05, 0) is 61.4 Å². The third kappa shape index (κ3) is 3.19. The van der Waals surface area contributed by atoms with E-state index in [4.69, 9.17) is 0 Å². The van der Waals surface area contributed by atoms with E-state index in [1.807, 2.05) is 6.07 Å². The summed E-state index contributed by atoms with van der Waals surface area (Å²) in [4.78, 5) is 16.1. The first-order valence-corrected chi connectivity index (χ1v) is 9.18. The number of hydrogen-bond donors (Lipinski definition) is 2. The highest BCUT2D eigenvalue weighted by Crippen LogP contribution is 2.43. The minimum absolute atomic E-state index is 0.0212. The fourth-order valence-corrected chi connectivity index (χ4v) is 3.47. The molecule has 1 aromatic heterocycles. The Morgan fingerprint density at radius 2 is 2.04 bits per heavy atom. The van der Waals surface area contributed by atoms with Gasteiger partial charge in [-0.25, -0.2) is 0 Å². The Labute approximate surface area is 148 Å². The lowest BCUT2D eigenvalue weighted by molar-refractivity contribution is 0.0934.